The molecule has 10 heteroatoms. The Balaban J connectivity index is 1.70. The van der Waals surface area contributed by atoms with Gasteiger partial charge in [-0.3, -0.25) is 4.79 Å². The van der Waals surface area contributed by atoms with Crippen LogP contribution in [0.1, 0.15) is 23.2 Å². The summed E-state index contributed by atoms with van der Waals surface area (Å²) >= 11 is 0. The first-order chi connectivity index (χ1) is 14.9. The number of methoxy groups -OCH3 is 3. The van der Waals surface area contributed by atoms with E-state index in [1.807, 2.05) is 0 Å². The Morgan fingerprint density at radius 1 is 1.06 bits per heavy atom. The molecule has 1 atom stereocenters. The summed E-state index contributed by atoms with van der Waals surface area (Å²) in [5.41, 5.74) is 0.737. The smallest absolute Gasteiger partial charge is 0.255 e. The number of ether oxygens (including phenoxy) is 4. The van der Waals surface area contributed by atoms with E-state index in [0.29, 0.717) is 35.1 Å². The molecule has 0 radical (unpaired) electrons. The Bertz CT molecular complexity index is 992. The number of hydrogen-bond donors (Lipinski definition) is 2. The SMILES string of the molecule is COc1cc(C(=O)Nc2ccc(S(=O)(=O)NCC3CCCO3)cc2)cc(OC)c1OC. The van der Waals surface area contributed by atoms with Crippen LogP contribution in [0.15, 0.2) is 41.3 Å². The molecule has 1 saturated heterocycles. The summed E-state index contributed by atoms with van der Waals surface area (Å²) < 4.78 is 48.7. The van der Waals surface area contributed by atoms with Crippen molar-refractivity contribution < 1.29 is 32.2 Å². The Hall–Kier alpha value is -2.82. The Morgan fingerprint density at radius 2 is 1.71 bits per heavy atom. The highest BCUT2D eigenvalue weighted by Crippen LogP contribution is 2.38. The minimum atomic E-state index is -3.66. The van der Waals surface area contributed by atoms with E-state index in [1.165, 1.54) is 57.7 Å². The van der Waals surface area contributed by atoms with Crippen LogP contribution in [-0.4, -0.2) is 54.9 Å². The van der Waals surface area contributed by atoms with E-state index in [1.54, 1.807) is 0 Å². The molecule has 0 saturated carbocycles. The van der Waals surface area contributed by atoms with Gasteiger partial charge >= 0.3 is 0 Å². The van der Waals surface area contributed by atoms with Gasteiger partial charge in [0.2, 0.25) is 15.8 Å². The van der Waals surface area contributed by atoms with Crippen molar-refractivity contribution in [2.45, 2.75) is 23.8 Å². The molecule has 2 N–H and O–H groups in total. The van der Waals surface area contributed by atoms with Gasteiger partial charge in [-0.2, -0.15) is 0 Å². The predicted molar refractivity (Wildman–Crippen MR) is 115 cm³/mol. The number of amides is 1. The Morgan fingerprint density at radius 3 is 2.23 bits per heavy atom. The zero-order valence-corrected chi connectivity index (χ0v) is 18.5. The van der Waals surface area contributed by atoms with Gasteiger partial charge in [0, 0.05) is 24.4 Å². The van der Waals surface area contributed by atoms with E-state index in [-0.39, 0.29) is 17.5 Å². The molecule has 9 nitrogen and oxygen atoms in total. The van der Waals surface area contributed by atoms with Crippen LogP contribution in [0.5, 0.6) is 17.2 Å². The summed E-state index contributed by atoms with van der Waals surface area (Å²) in [6.45, 7) is 0.898. The maximum Gasteiger partial charge on any atom is 0.255 e. The van der Waals surface area contributed by atoms with Crippen molar-refractivity contribution >= 4 is 21.6 Å². The van der Waals surface area contributed by atoms with E-state index in [4.69, 9.17) is 18.9 Å². The van der Waals surface area contributed by atoms with Crippen LogP contribution < -0.4 is 24.2 Å². The number of benzene rings is 2. The second-order valence-electron chi connectivity index (χ2n) is 6.88. The van der Waals surface area contributed by atoms with Gasteiger partial charge in [-0.25, -0.2) is 13.1 Å². The normalized spacial score (nSPS) is 16.0. The van der Waals surface area contributed by atoms with Crippen LogP contribution in [0.4, 0.5) is 5.69 Å². The van der Waals surface area contributed by atoms with Crippen LogP contribution in [0.2, 0.25) is 0 Å². The highest BCUT2D eigenvalue weighted by Gasteiger charge is 2.21. The monoisotopic (exact) mass is 450 g/mol. The molecule has 1 unspecified atom stereocenters. The van der Waals surface area contributed by atoms with Crippen LogP contribution in [0.3, 0.4) is 0 Å². The maximum absolute atomic E-state index is 12.7. The van der Waals surface area contributed by atoms with Crippen molar-refractivity contribution in [1.82, 2.24) is 4.72 Å². The van der Waals surface area contributed by atoms with Gasteiger partial charge in [-0.15, -0.1) is 0 Å². The lowest BCUT2D eigenvalue weighted by molar-refractivity contribution is 0.102. The van der Waals surface area contributed by atoms with Crippen molar-refractivity contribution in [3.8, 4) is 17.2 Å². The third-order valence-corrected chi connectivity index (χ3v) is 6.31. The minimum Gasteiger partial charge on any atom is -0.493 e. The molecular weight excluding hydrogens is 424 g/mol. The Labute approximate surface area is 181 Å². The number of nitrogens with one attached hydrogen (secondary N) is 2. The third-order valence-electron chi connectivity index (χ3n) is 4.87. The minimum absolute atomic E-state index is 0.0909. The quantitative estimate of drug-likeness (QED) is 0.603. The lowest BCUT2D eigenvalue weighted by Gasteiger charge is -2.14. The fourth-order valence-electron chi connectivity index (χ4n) is 3.22. The highest BCUT2D eigenvalue weighted by molar-refractivity contribution is 7.89. The molecule has 2 aromatic rings. The van der Waals surface area contributed by atoms with Gasteiger partial charge in [0.15, 0.2) is 11.5 Å². The molecular formula is C21H26N2O7S. The Kier molecular flexibility index (Phi) is 7.37. The number of anilines is 1. The summed E-state index contributed by atoms with van der Waals surface area (Å²) in [5.74, 6) is 0.675. The van der Waals surface area contributed by atoms with Crippen molar-refractivity contribution in [3.63, 3.8) is 0 Å². The van der Waals surface area contributed by atoms with Crippen LogP contribution in [0, 0.1) is 0 Å². The maximum atomic E-state index is 12.7. The van der Waals surface area contributed by atoms with Crippen LogP contribution in [-0.2, 0) is 14.8 Å². The molecule has 0 spiro atoms. The zero-order chi connectivity index (χ0) is 22.4. The van der Waals surface area contributed by atoms with Gasteiger partial charge in [-0.1, -0.05) is 0 Å². The number of sulfonamides is 1. The lowest BCUT2D eigenvalue weighted by Crippen LogP contribution is -2.31. The van der Waals surface area contributed by atoms with Crippen LogP contribution >= 0.6 is 0 Å². The lowest BCUT2D eigenvalue weighted by atomic mass is 10.1. The molecule has 31 heavy (non-hydrogen) atoms. The standard InChI is InChI=1S/C21H26N2O7S/c1-27-18-11-14(12-19(28-2)20(18)29-3)21(24)23-15-6-8-17(9-7-15)31(25,26)22-13-16-5-4-10-30-16/h6-9,11-12,16,22H,4-5,10,13H2,1-3H3,(H,23,24). The first kappa shape index (κ1) is 22.9. The third kappa shape index (κ3) is 5.46. The van der Waals surface area contributed by atoms with Gasteiger partial charge < -0.3 is 24.3 Å². The number of carbonyl (C=O) groups excluding carboxylic acids is 1. The summed E-state index contributed by atoms with van der Waals surface area (Å²) in [6, 6.07) is 8.98. The topological polar surface area (TPSA) is 112 Å². The van der Waals surface area contributed by atoms with Gasteiger partial charge in [0.1, 0.15) is 0 Å². The molecule has 168 valence electrons. The van der Waals surface area contributed by atoms with Gasteiger partial charge in [-0.05, 0) is 49.2 Å². The van der Waals surface area contributed by atoms with Crippen LogP contribution in [0.25, 0.3) is 0 Å². The molecule has 3 rings (SSSR count). The molecule has 0 aromatic heterocycles. The fraction of sp³-hybridized carbons (Fsp3) is 0.381. The van der Waals surface area contributed by atoms with Crippen molar-refractivity contribution in [3.05, 3.63) is 42.0 Å². The second-order valence-corrected chi connectivity index (χ2v) is 8.65. The van der Waals surface area contributed by atoms with E-state index >= 15 is 0 Å². The van der Waals surface area contributed by atoms with Crippen molar-refractivity contribution in [1.29, 1.82) is 0 Å². The summed E-state index contributed by atoms with van der Waals surface area (Å²) in [4.78, 5) is 12.8. The first-order valence-corrected chi connectivity index (χ1v) is 11.2. The molecule has 0 aliphatic carbocycles. The fourth-order valence-corrected chi connectivity index (χ4v) is 4.29. The summed E-state index contributed by atoms with van der Waals surface area (Å²) in [5, 5.41) is 2.73. The number of rotatable bonds is 9. The summed E-state index contributed by atoms with van der Waals surface area (Å²) in [6.07, 6.45) is 1.69. The average Bonchev–Trinajstić information content (AvgIpc) is 3.31. The second kappa shape index (κ2) is 9.99. The molecule has 1 heterocycles. The first-order valence-electron chi connectivity index (χ1n) is 9.70. The molecule has 1 amide bonds. The molecule has 1 fully saturated rings. The van der Waals surface area contributed by atoms with Gasteiger partial charge in [0.05, 0.1) is 32.3 Å². The van der Waals surface area contributed by atoms with Crippen molar-refractivity contribution in [2.24, 2.45) is 0 Å². The average molecular weight is 451 g/mol. The summed E-state index contributed by atoms with van der Waals surface area (Å²) in [7, 11) is 0.744. The van der Waals surface area contributed by atoms with E-state index in [9.17, 15) is 13.2 Å². The number of hydrogen-bond acceptors (Lipinski definition) is 7. The van der Waals surface area contributed by atoms with Gasteiger partial charge in [0.25, 0.3) is 5.91 Å². The van der Waals surface area contributed by atoms with E-state index in [2.05, 4.69) is 10.0 Å². The molecule has 1 aliphatic rings. The molecule has 1 aliphatic heterocycles. The predicted octanol–water partition coefficient (Wildman–Crippen LogP) is 2.42. The molecule has 0 bridgehead atoms. The zero-order valence-electron chi connectivity index (χ0n) is 17.6. The van der Waals surface area contributed by atoms with E-state index < -0.39 is 15.9 Å². The highest BCUT2D eigenvalue weighted by atomic mass is 32.2. The van der Waals surface area contributed by atoms with E-state index in [0.717, 1.165) is 12.8 Å². The number of carbonyl (C=O) groups is 1. The largest absolute Gasteiger partial charge is 0.493 e. The molecule has 2 aromatic carbocycles. The van der Waals surface area contributed by atoms with Crippen molar-refractivity contribution in [2.75, 3.05) is 39.8 Å².